The molecule has 30 heavy (non-hydrogen) atoms. The SMILES string of the molecule is Cc1ccn(-c2ccccc2CN=C(NCC(=O)N(C)C)NCC2CCCCO2)n1. The number of aryl methyl sites for hydroxylation is 1. The molecule has 1 unspecified atom stereocenters. The fourth-order valence-corrected chi connectivity index (χ4v) is 3.25. The number of carbonyl (C=O) groups excluding carboxylic acids is 1. The highest BCUT2D eigenvalue weighted by Crippen LogP contribution is 2.15. The minimum Gasteiger partial charge on any atom is -0.376 e. The standard InChI is InChI=1S/C22H32N6O2/c1-17-11-12-28(26-17)20-10-5-4-8-18(20)14-23-22(25-16-21(29)27(2)3)24-15-19-9-6-7-13-30-19/h4-5,8,10-12,19H,6-7,9,13-16H2,1-3H3,(H2,23,24,25). The van der Waals surface area contributed by atoms with E-state index in [4.69, 9.17) is 9.73 Å². The lowest BCUT2D eigenvalue weighted by molar-refractivity contribution is -0.127. The maximum absolute atomic E-state index is 12.0. The fourth-order valence-electron chi connectivity index (χ4n) is 3.25. The molecule has 0 radical (unpaired) electrons. The molecule has 1 aromatic heterocycles. The molecule has 8 heteroatoms. The predicted molar refractivity (Wildman–Crippen MR) is 118 cm³/mol. The van der Waals surface area contributed by atoms with Crippen LogP contribution in [0.2, 0.25) is 0 Å². The fraction of sp³-hybridized carbons (Fsp3) is 0.500. The van der Waals surface area contributed by atoms with Crippen LogP contribution in [-0.4, -0.2) is 66.4 Å². The van der Waals surface area contributed by atoms with E-state index >= 15 is 0 Å². The minimum absolute atomic E-state index is 0.00849. The summed E-state index contributed by atoms with van der Waals surface area (Å²) in [6.45, 7) is 4.10. The van der Waals surface area contributed by atoms with Gasteiger partial charge in [-0.05, 0) is 43.9 Å². The molecule has 162 valence electrons. The molecule has 2 aromatic rings. The number of nitrogens with one attached hydrogen (secondary N) is 2. The highest BCUT2D eigenvalue weighted by molar-refractivity contribution is 5.86. The van der Waals surface area contributed by atoms with Crippen LogP contribution in [0.5, 0.6) is 0 Å². The number of aliphatic imine (C=N–C) groups is 1. The number of nitrogens with zero attached hydrogens (tertiary/aromatic N) is 4. The molecule has 0 spiro atoms. The molecule has 2 N–H and O–H groups in total. The van der Waals surface area contributed by atoms with Gasteiger partial charge in [-0.25, -0.2) is 9.67 Å². The van der Waals surface area contributed by atoms with Crippen LogP contribution in [0, 0.1) is 6.92 Å². The Balaban J connectivity index is 1.71. The average molecular weight is 413 g/mol. The summed E-state index contributed by atoms with van der Waals surface area (Å²) in [5.74, 6) is 0.594. The van der Waals surface area contributed by atoms with Crippen molar-refractivity contribution in [2.45, 2.75) is 38.8 Å². The number of amides is 1. The molecule has 0 aliphatic carbocycles. The zero-order valence-electron chi connectivity index (χ0n) is 18.1. The van der Waals surface area contributed by atoms with E-state index in [0.717, 1.165) is 36.4 Å². The molecule has 1 aromatic carbocycles. The summed E-state index contributed by atoms with van der Waals surface area (Å²) in [7, 11) is 3.49. The van der Waals surface area contributed by atoms with Gasteiger partial charge in [0, 0.05) is 33.4 Å². The van der Waals surface area contributed by atoms with Gasteiger partial charge in [-0.2, -0.15) is 5.10 Å². The summed E-state index contributed by atoms with van der Waals surface area (Å²) in [5.41, 5.74) is 3.01. The number of aromatic nitrogens is 2. The van der Waals surface area contributed by atoms with Gasteiger partial charge in [0.1, 0.15) is 0 Å². The largest absolute Gasteiger partial charge is 0.376 e. The molecule has 1 saturated heterocycles. The van der Waals surface area contributed by atoms with Gasteiger partial charge in [0.15, 0.2) is 5.96 Å². The molecule has 1 atom stereocenters. The van der Waals surface area contributed by atoms with Gasteiger partial charge in [-0.1, -0.05) is 18.2 Å². The van der Waals surface area contributed by atoms with Crippen LogP contribution >= 0.6 is 0 Å². The Labute approximate surface area is 178 Å². The first kappa shape index (κ1) is 21.8. The molecular formula is C22H32N6O2. The summed E-state index contributed by atoms with van der Waals surface area (Å²) in [6, 6.07) is 10.0. The summed E-state index contributed by atoms with van der Waals surface area (Å²) < 4.78 is 7.67. The second-order valence-electron chi connectivity index (χ2n) is 7.71. The zero-order valence-corrected chi connectivity index (χ0v) is 18.1. The van der Waals surface area contributed by atoms with Crippen molar-refractivity contribution in [1.29, 1.82) is 0 Å². The summed E-state index contributed by atoms with van der Waals surface area (Å²) in [6.07, 6.45) is 5.47. The summed E-state index contributed by atoms with van der Waals surface area (Å²) in [4.78, 5) is 18.3. The number of hydrogen-bond acceptors (Lipinski definition) is 4. The van der Waals surface area contributed by atoms with Gasteiger partial charge in [0.25, 0.3) is 0 Å². The third-order valence-corrected chi connectivity index (χ3v) is 5.05. The van der Waals surface area contributed by atoms with Crippen LogP contribution in [-0.2, 0) is 16.1 Å². The van der Waals surface area contributed by atoms with Crippen LogP contribution in [0.3, 0.4) is 0 Å². The number of ether oxygens (including phenoxy) is 1. The second-order valence-corrected chi connectivity index (χ2v) is 7.71. The topological polar surface area (TPSA) is 83.8 Å². The average Bonchev–Trinajstić information content (AvgIpc) is 3.20. The van der Waals surface area contributed by atoms with Gasteiger partial charge in [0.05, 0.1) is 30.6 Å². The lowest BCUT2D eigenvalue weighted by atomic mass is 10.1. The first-order valence-corrected chi connectivity index (χ1v) is 10.5. The second kappa shape index (κ2) is 10.8. The molecule has 1 fully saturated rings. The smallest absolute Gasteiger partial charge is 0.241 e. The van der Waals surface area contributed by atoms with E-state index in [1.165, 1.54) is 6.42 Å². The normalized spacial score (nSPS) is 16.9. The molecule has 0 bridgehead atoms. The Hall–Kier alpha value is -2.87. The third-order valence-electron chi connectivity index (χ3n) is 5.05. The Morgan fingerprint density at radius 3 is 2.80 bits per heavy atom. The van der Waals surface area contributed by atoms with E-state index in [9.17, 15) is 4.79 Å². The Bertz CT molecular complexity index is 855. The van der Waals surface area contributed by atoms with Crippen molar-refractivity contribution in [3.8, 4) is 5.69 Å². The van der Waals surface area contributed by atoms with E-state index in [1.54, 1.807) is 19.0 Å². The van der Waals surface area contributed by atoms with Gasteiger partial charge < -0.3 is 20.3 Å². The van der Waals surface area contributed by atoms with Crippen molar-refractivity contribution in [1.82, 2.24) is 25.3 Å². The lowest BCUT2D eigenvalue weighted by Crippen LogP contribution is -2.45. The lowest BCUT2D eigenvalue weighted by Gasteiger charge is -2.24. The molecule has 1 amide bonds. The molecule has 8 nitrogen and oxygen atoms in total. The van der Waals surface area contributed by atoms with E-state index in [0.29, 0.717) is 19.0 Å². The minimum atomic E-state index is -0.00849. The number of carbonyl (C=O) groups is 1. The first-order valence-electron chi connectivity index (χ1n) is 10.5. The molecule has 3 rings (SSSR count). The Kier molecular flexibility index (Phi) is 7.84. The monoisotopic (exact) mass is 412 g/mol. The van der Waals surface area contributed by atoms with Gasteiger partial charge in [-0.15, -0.1) is 0 Å². The number of likely N-dealkylation sites (N-methyl/N-ethyl adjacent to an activating group) is 1. The predicted octanol–water partition coefficient (Wildman–Crippen LogP) is 1.87. The van der Waals surface area contributed by atoms with Crippen molar-refractivity contribution in [2.24, 2.45) is 4.99 Å². The Morgan fingerprint density at radius 1 is 1.27 bits per heavy atom. The molecule has 0 saturated carbocycles. The van der Waals surface area contributed by atoms with Crippen molar-refractivity contribution >= 4 is 11.9 Å². The van der Waals surface area contributed by atoms with Crippen molar-refractivity contribution in [3.05, 3.63) is 47.8 Å². The van der Waals surface area contributed by atoms with Crippen LogP contribution < -0.4 is 10.6 Å². The highest BCUT2D eigenvalue weighted by atomic mass is 16.5. The van der Waals surface area contributed by atoms with E-state index in [-0.39, 0.29) is 18.6 Å². The van der Waals surface area contributed by atoms with Crippen LogP contribution in [0.25, 0.3) is 5.69 Å². The number of hydrogen-bond donors (Lipinski definition) is 2. The number of guanidine groups is 1. The molecular weight excluding hydrogens is 380 g/mol. The van der Waals surface area contributed by atoms with Crippen LogP contribution in [0.4, 0.5) is 0 Å². The number of rotatable bonds is 7. The molecule has 2 heterocycles. The van der Waals surface area contributed by atoms with Gasteiger partial charge >= 0.3 is 0 Å². The summed E-state index contributed by atoms with van der Waals surface area (Å²) in [5, 5.41) is 11.0. The quantitative estimate of drug-likeness (QED) is 0.536. The van der Waals surface area contributed by atoms with Crippen molar-refractivity contribution in [2.75, 3.05) is 33.8 Å². The highest BCUT2D eigenvalue weighted by Gasteiger charge is 2.15. The van der Waals surface area contributed by atoms with Crippen molar-refractivity contribution in [3.63, 3.8) is 0 Å². The molecule has 1 aliphatic heterocycles. The maximum atomic E-state index is 12.0. The van der Waals surface area contributed by atoms with E-state index in [1.807, 2.05) is 48.1 Å². The third kappa shape index (κ3) is 6.32. The van der Waals surface area contributed by atoms with Crippen LogP contribution in [0.15, 0.2) is 41.5 Å². The Morgan fingerprint density at radius 2 is 2.10 bits per heavy atom. The first-order chi connectivity index (χ1) is 14.5. The van der Waals surface area contributed by atoms with E-state index < -0.39 is 0 Å². The van der Waals surface area contributed by atoms with Crippen molar-refractivity contribution < 1.29 is 9.53 Å². The molecule has 1 aliphatic rings. The maximum Gasteiger partial charge on any atom is 0.241 e. The zero-order chi connectivity index (χ0) is 21.3. The number of para-hydroxylation sites is 1. The number of benzene rings is 1. The van der Waals surface area contributed by atoms with Gasteiger partial charge in [-0.3, -0.25) is 4.79 Å². The van der Waals surface area contributed by atoms with Crippen LogP contribution in [0.1, 0.15) is 30.5 Å². The van der Waals surface area contributed by atoms with E-state index in [2.05, 4.69) is 15.7 Å². The van der Waals surface area contributed by atoms with Gasteiger partial charge in [0.2, 0.25) is 5.91 Å². The summed E-state index contributed by atoms with van der Waals surface area (Å²) >= 11 is 0.